The van der Waals surface area contributed by atoms with E-state index in [2.05, 4.69) is 53.8 Å². The van der Waals surface area contributed by atoms with Gasteiger partial charge < -0.3 is 14.6 Å². The van der Waals surface area contributed by atoms with Gasteiger partial charge in [0, 0.05) is 30.4 Å². The van der Waals surface area contributed by atoms with Crippen molar-refractivity contribution in [1.82, 2.24) is 9.97 Å². The van der Waals surface area contributed by atoms with Crippen LogP contribution in [0.15, 0.2) is 36.4 Å². The summed E-state index contributed by atoms with van der Waals surface area (Å²) < 4.78 is 6.01. The summed E-state index contributed by atoms with van der Waals surface area (Å²) in [6, 6.07) is 14.5. The van der Waals surface area contributed by atoms with E-state index in [9.17, 15) is 5.26 Å². The maximum atomic E-state index is 9.78. The van der Waals surface area contributed by atoms with Gasteiger partial charge in [-0.3, -0.25) is 0 Å². The molecule has 150 valence electrons. The molecule has 0 aliphatic heterocycles. The molecule has 0 saturated heterocycles. The van der Waals surface area contributed by atoms with E-state index >= 15 is 0 Å². The smallest absolute Gasteiger partial charge is 0.149 e. The van der Waals surface area contributed by atoms with Gasteiger partial charge in [0.15, 0.2) is 0 Å². The lowest BCUT2D eigenvalue weighted by Crippen LogP contribution is -2.21. The quantitative estimate of drug-likeness (QED) is 0.512. The largest absolute Gasteiger partial charge is 0.493 e. The number of aryl methyl sites for hydroxylation is 1. The third kappa shape index (κ3) is 4.60. The van der Waals surface area contributed by atoms with Gasteiger partial charge in [-0.1, -0.05) is 13.0 Å². The second-order valence-corrected chi connectivity index (χ2v) is 7.02. The van der Waals surface area contributed by atoms with E-state index in [1.54, 1.807) is 0 Å². The highest BCUT2D eigenvalue weighted by molar-refractivity contribution is 5.91. The minimum absolute atomic E-state index is 0.482. The van der Waals surface area contributed by atoms with Gasteiger partial charge in [-0.15, -0.1) is 0 Å². The highest BCUT2D eigenvalue weighted by Gasteiger charge is 2.12. The van der Waals surface area contributed by atoms with Crippen LogP contribution in [0, 0.1) is 18.3 Å². The van der Waals surface area contributed by atoms with Gasteiger partial charge in [0.1, 0.15) is 17.6 Å². The van der Waals surface area contributed by atoms with E-state index in [1.807, 2.05) is 37.3 Å². The van der Waals surface area contributed by atoms with Crippen LogP contribution in [0.25, 0.3) is 22.7 Å². The summed E-state index contributed by atoms with van der Waals surface area (Å²) in [7, 11) is 0. The zero-order valence-electron chi connectivity index (χ0n) is 17.6. The molecule has 1 heterocycles. The highest BCUT2D eigenvalue weighted by Crippen LogP contribution is 2.30. The van der Waals surface area contributed by atoms with E-state index in [0.717, 1.165) is 53.1 Å². The molecular formula is C24H28N4O. The molecule has 2 aromatic carbocycles. The normalized spacial score (nSPS) is 11.5. The molecule has 0 fully saturated rings. The average Bonchev–Trinajstić information content (AvgIpc) is 3.15. The first kappa shape index (κ1) is 20.5. The van der Waals surface area contributed by atoms with E-state index in [0.29, 0.717) is 18.0 Å². The Morgan fingerprint density at radius 2 is 1.97 bits per heavy atom. The lowest BCUT2D eigenvalue weighted by Gasteiger charge is -2.22. The molecule has 29 heavy (non-hydrogen) atoms. The number of hydrogen-bond donors (Lipinski definition) is 1. The number of allylic oxidation sites excluding steroid dienone is 1. The molecule has 0 atom stereocenters. The first-order chi connectivity index (χ1) is 14.1. The monoisotopic (exact) mass is 388 g/mol. The molecule has 0 spiro atoms. The molecule has 1 N–H and O–H groups in total. The highest BCUT2D eigenvalue weighted by atomic mass is 16.5. The molecule has 0 bridgehead atoms. The van der Waals surface area contributed by atoms with Crippen LogP contribution in [0.3, 0.4) is 0 Å². The van der Waals surface area contributed by atoms with Crippen molar-refractivity contribution in [2.24, 2.45) is 0 Å². The summed E-state index contributed by atoms with van der Waals surface area (Å²) in [5, 5.41) is 9.78. The maximum absolute atomic E-state index is 9.78. The molecule has 0 unspecified atom stereocenters. The summed E-state index contributed by atoms with van der Waals surface area (Å²) in [5.41, 5.74) is 5.42. The van der Waals surface area contributed by atoms with Gasteiger partial charge in [0.25, 0.3) is 0 Å². The van der Waals surface area contributed by atoms with Crippen molar-refractivity contribution in [2.75, 3.05) is 24.6 Å². The minimum atomic E-state index is 0.482. The number of ether oxygens (including phenoxy) is 1. The minimum Gasteiger partial charge on any atom is -0.493 e. The van der Waals surface area contributed by atoms with Gasteiger partial charge in [-0.2, -0.15) is 5.26 Å². The van der Waals surface area contributed by atoms with Crippen molar-refractivity contribution in [1.29, 1.82) is 5.26 Å². The van der Waals surface area contributed by atoms with Crippen molar-refractivity contribution >= 4 is 28.4 Å². The molecule has 5 heteroatoms. The molecule has 3 rings (SSSR count). The van der Waals surface area contributed by atoms with Crippen LogP contribution in [0.4, 0.5) is 5.69 Å². The van der Waals surface area contributed by atoms with Gasteiger partial charge in [-0.05, 0) is 63.1 Å². The van der Waals surface area contributed by atoms with Crippen molar-refractivity contribution in [3.63, 3.8) is 0 Å². The standard InChI is InChI=1S/C24H28N4O/c1-5-12-29-23-15-20(28(6-2)7-3)10-9-18(23)14-19(16-25)24-26-21-11-8-17(4)13-22(21)27-24/h8-11,13-15H,5-7,12H2,1-4H3,(H,26,27). The first-order valence-corrected chi connectivity index (χ1v) is 10.2. The number of H-pyrrole nitrogens is 1. The Bertz CT molecular complexity index is 1050. The molecule has 0 amide bonds. The molecule has 3 aromatic rings. The van der Waals surface area contributed by atoms with Crippen molar-refractivity contribution < 1.29 is 4.74 Å². The van der Waals surface area contributed by atoms with Crippen LogP contribution < -0.4 is 9.64 Å². The summed E-state index contributed by atoms with van der Waals surface area (Å²) in [6.07, 6.45) is 2.77. The third-order valence-electron chi connectivity index (χ3n) is 4.90. The Morgan fingerprint density at radius 3 is 2.66 bits per heavy atom. The van der Waals surface area contributed by atoms with E-state index in [-0.39, 0.29) is 0 Å². The van der Waals surface area contributed by atoms with E-state index in [4.69, 9.17) is 4.74 Å². The zero-order valence-corrected chi connectivity index (χ0v) is 17.6. The number of nitriles is 1. The summed E-state index contributed by atoms with van der Waals surface area (Å²) in [6.45, 7) is 10.9. The summed E-state index contributed by atoms with van der Waals surface area (Å²) in [4.78, 5) is 10.1. The Labute approximate surface area is 172 Å². The number of hydrogen-bond acceptors (Lipinski definition) is 4. The van der Waals surface area contributed by atoms with Crippen molar-refractivity contribution in [3.05, 3.63) is 53.3 Å². The molecule has 1 aromatic heterocycles. The van der Waals surface area contributed by atoms with Crippen LogP contribution in [-0.2, 0) is 0 Å². The Kier molecular flexibility index (Phi) is 6.56. The number of rotatable bonds is 8. The van der Waals surface area contributed by atoms with Crippen molar-refractivity contribution in [3.8, 4) is 11.8 Å². The molecular weight excluding hydrogens is 360 g/mol. The number of aromatic amines is 1. The van der Waals surface area contributed by atoms with Gasteiger partial charge in [0.05, 0.1) is 23.2 Å². The first-order valence-electron chi connectivity index (χ1n) is 10.2. The fourth-order valence-corrected chi connectivity index (χ4v) is 3.32. The molecule has 0 saturated carbocycles. The van der Waals surface area contributed by atoms with Gasteiger partial charge in [0.2, 0.25) is 0 Å². The summed E-state index contributed by atoms with van der Waals surface area (Å²) >= 11 is 0. The Hall–Kier alpha value is -3.26. The second kappa shape index (κ2) is 9.29. The predicted molar refractivity (Wildman–Crippen MR) is 120 cm³/mol. The van der Waals surface area contributed by atoms with Gasteiger partial charge in [-0.25, -0.2) is 4.98 Å². The van der Waals surface area contributed by atoms with Crippen LogP contribution in [0.2, 0.25) is 0 Å². The number of imidazole rings is 1. The van der Waals surface area contributed by atoms with Gasteiger partial charge >= 0.3 is 0 Å². The predicted octanol–water partition coefficient (Wildman–Crippen LogP) is 5.57. The number of nitrogens with one attached hydrogen (secondary N) is 1. The van der Waals surface area contributed by atoms with E-state index < -0.39 is 0 Å². The fourth-order valence-electron chi connectivity index (χ4n) is 3.32. The molecule has 0 radical (unpaired) electrons. The number of nitrogens with zero attached hydrogens (tertiary/aromatic N) is 3. The average molecular weight is 389 g/mol. The van der Waals surface area contributed by atoms with Crippen molar-refractivity contribution in [2.45, 2.75) is 34.1 Å². The fraction of sp³-hybridized carbons (Fsp3) is 0.333. The lowest BCUT2D eigenvalue weighted by atomic mass is 10.1. The Morgan fingerprint density at radius 1 is 1.17 bits per heavy atom. The number of fused-ring (bicyclic) bond motifs is 1. The van der Waals surface area contributed by atoms with Crippen LogP contribution in [-0.4, -0.2) is 29.7 Å². The van der Waals surface area contributed by atoms with Crippen LogP contribution in [0.1, 0.15) is 44.1 Å². The molecule has 0 aliphatic carbocycles. The topological polar surface area (TPSA) is 64.9 Å². The maximum Gasteiger partial charge on any atom is 0.149 e. The molecule has 5 nitrogen and oxygen atoms in total. The number of benzene rings is 2. The zero-order chi connectivity index (χ0) is 20.8. The lowest BCUT2D eigenvalue weighted by molar-refractivity contribution is 0.317. The third-order valence-corrected chi connectivity index (χ3v) is 4.90. The molecule has 0 aliphatic rings. The Balaban J connectivity index is 2.03. The summed E-state index contributed by atoms with van der Waals surface area (Å²) in [5.74, 6) is 1.36. The number of anilines is 1. The second-order valence-electron chi connectivity index (χ2n) is 7.02. The SMILES string of the molecule is CCCOc1cc(N(CC)CC)ccc1C=C(C#N)c1nc2ccc(C)cc2[nH]1. The van der Waals surface area contributed by atoms with Crippen LogP contribution in [0.5, 0.6) is 5.75 Å². The number of aromatic nitrogens is 2. The van der Waals surface area contributed by atoms with E-state index in [1.165, 1.54) is 0 Å². The van der Waals surface area contributed by atoms with Crippen LogP contribution >= 0.6 is 0 Å².